The molecule has 2 aromatic carbocycles. The van der Waals surface area contributed by atoms with Gasteiger partial charge in [-0.05, 0) is 31.4 Å². The fourth-order valence-corrected chi connectivity index (χ4v) is 2.21. The zero-order chi connectivity index (χ0) is 15.2. The first-order valence-electron chi connectivity index (χ1n) is 6.90. The normalized spacial score (nSPS) is 11.9. The second kappa shape index (κ2) is 6.74. The molecular weight excluding hydrogens is 266 g/mol. The van der Waals surface area contributed by atoms with Gasteiger partial charge in [0.25, 0.3) is 5.69 Å². The molecule has 2 aromatic rings. The Labute approximate surface area is 123 Å². The van der Waals surface area contributed by atoms with Crippen molar-refractivity contribution >= 4 is 17.1 Å². The number of nitro benzene ring substituents is 1. The van der Waals surface area contributed by atoms with Gasteiger partial charge in [0.2, 0.25) is 0 Å². The van der Waals surface area contributed by atoms with Crippen molar-refractivity contribution < 1.29 is 4.92 Å². The van der Waals surface area contributed by atoms with Crippen molar-refractivity contribution in [2.24, 2.45) is 0 Å². The van der Waals surface area contributed by atoms with Gasteiger partial charge in [-0.3, -0.25) is 10.1 Å². The number of nitrogen functional groups attached to an aromatic ring is 1. The number of aryl methyl sites for hydroxylation is 1. The Morgan fingerprint density at radius 1 is 1.24 bits per heavy atom. The summed E-state index contributed by atoms with van der Waals surface area (Å²) in [6, 6.07) is 15.0. The highest BCUT2D eigenvalue weighted by Crippen LogP contribution is 2.23. The molecule has 5 nitrogen and oxygen atoms in total. The molecule has 0 aliphatic carbocycles. The van der Waals surface area contributed by atoms with E-state index in [1.54, 1.807) is 6.07 Å². The van der Waals surface area contributed by atoms with E-state index in [1.807, 2.05) is 18.2 Å². The highest BCUT2D eigenvalue weighted by atomic mass is 16.6. The summed E-state index contributed by atoms with van der Waals surface area (Å²) in [5, 5.41) is 14.1. The van der Waals surface area contributed by atoms with Gasteiger partial charge in [-0.15, -0.1) is 0 Å². The van der Waals surface area contributed by atoms with Crippen LogP contribution in [0.2, 0.25) is 0 Å². The highest BCUT2D eigenvalue weighted by Gasteiger charge is 2.10. The Morgan fingerprint density at radius 2 is 1.95 bits per heavy atom. The average molecular weight is 285 g/mol. The van der Waals surface area contributed by atoms with Gasteiger partial charge >= 0.3 is 0 Å². The first-order chi connectivity index (χ1) is 10.0. The maximum atomic E-state index is 10.8. The number of nitrogens with two attached hydrogens (primary N) is 1. The molecule has 0 spiro atoms. The van der Waals surface area contributed by atoms with Crippen LogP contribution in [0.15, 0.2) is 48.5 Å². The number of nitrogens with one attached hydrogen (secondary N) is 1. The van der Waals surface area contributed by atoms with Crippen molar-refractivity contribution in [1.82, 2.24) is 0 Å². The van der Waals surface area contributed by atoms with Gasteiger partial charge in [-0.25, -0.2) is 0 Å². The number of nitro groups is 1. The van der Waals surface area contributed by atoms with Gasteiger partial charge in [0.15, 0.2) is 0 Å². The monoisotopic (exact) mass is 285 g/mol. The second-order valence-electron chi connectivity index (χ2n) is 5.14. The molecule has 0 aliphatic rings. The molecule has 0 radical (unpaired) electrons. The minimum absolute atomic E-state index is 0.00718. The van der Waals surface area contributed by atoms with E-state index in [9.17, 15) is 10.1 Å². The van der Waals surface area contributed by atoms with Gasteiger partial charge in [-0.2, -0.15) is 0 Å². The van der Waals surface area contributed by atoms with Crippen LogP contribution in [0.1, 0.15) is 18.9 Å². The Balaban J connectivity index is 1.96. The van der Waals surface area contributed by atoms with Crippen LogP contribution in [0.25, 0.3) is 0 Å². The number of anilines is 2. The third-order valence-electron chi connectivity index (χ3n) is 3.27. The van der Waals surface area contributed by atoms with Gasteiger partial charge in [0, 0.05) is 29.5 Å². The van der Waals surface area contributed by atoms with E-state index >= 15 is 0 Å². The lowest BCUT2D eigenvalue weighted by molar-refractivity contribution is -0.384. The van der Waals surface area contributed by atoms with Crippen LogP contribution in [0, 0.1) is 10.1 Å². The minimum atomic E-state index is -0.434. The average Bonchev–Trinajstić information content (AvgIpc) is 2.45. The maximum Gasteiger partial charge on any atom is 0.273 e. The number of hydrogen-bond donors (Lipinski definition) is 2. The summed E-state index contributed by atoms with van der Waals surface area (Å²) in [6.45, 7) is 2.05. The lowest BCUT2D eigenvalue weighted by Crippen LogP contribution is -2.16. The molecule has 0 saturated heterocycles. The highest BCUT2D eigenvalue weighted by molar-refractivity contribution is 5.61. The Morgan fingerprint density at radius 3 is 2.62 bits per heavy atom. The molecule has 0 aliphatic heterocycles. The van der Waals surface area contributed by atoms with Crippen molar-refractivity contribution in [2.75, 3.05) is 11.1 Å². The number of rotatable bonds is 6. The van der Waals surface area contributed by atoms with E-state index in [1.165, 1.54) is 17.7 Å². The van der Waals surface area contributed by atoms with Crippen LogP contribution < -0.4 is 11.1 Å². The summed E-state index contributed by atoms with van der Waals surface area (Å²) in [6.07, 6.45) is 1.89. The van der Waals surface area contributed by atoms with Crippen molar-refractivity contribution in [2.45, 2.75) is 25.8 Å². The van der Waals surface area contributed by atoms with E-state index in [2.05, 4.69) is 24.4 Å². The molecule has 3 N–H and O–H groups in total. The molecule has 2 rings (SSSR count). The van der Waals surface area contributed by atoms with Crippen LogP contribution in [0.4, 0.5) is 17.1 Å². The summed E-state index contributed by atoms with van der Waals surface area (Å²) in [5.74, 6) is 0. The third kappa shape index (κ3) is 4.49. The number of nitrogens with zero attached hydrogens (tertiary/aromatic N) is 1. The van der Waals surface area contributed by atoms with Crippen molar-refractivity contribution in [3.63, 3.8) is 0 Å². The number of benzene rings is 2. The Kier molecular flexibility index (Phi) is 4.77. The maximum absolute atomic E-state index is 10.8. The molecule has 0 heterocycles. The molecule has 110 valence electrons. The van der Waals surface area contributed by atoms with Crippen LogP contribution in [0.3, 0.4) is 0 Å². The Bertz CT molecular complexity index is 614. The first kappa shape index (κ1) is 14.8. The minimum Gasteiger partial charge on any atom is -0.398 e. The lowest BCUT2D eigenvalue weighted by Gasteiger charge is -2.15. The molecule has 5 heteroatoms. The van der Waals surface area contributed by atoms with E-state index in [0.717, 1.165) is 12.8 Å². The first-order valence-corrected chi connectivity index (χ1v) is 6.90. The second-order valence-corrected chi connectivity index (χ2v) is 5.14. The van der Waals surface area contributed by atoms with Crippen molar-refractivity contribution in [1.29, 1.82) is 0 Å². The summed E-state index contributed by atoms with van der Waals surface area (Å²) >= 11 is 0. The summed E-state index contributed by atoms with van der Waals surface area (Å²) in [5.41, 5.74) is 8.06. The standard InChI is InChI=1S/C16H19N3O2/c1-12(7-8-13-5-3-2-4-6-13)18-15-9-14(17)10-16(11-15)19(20)21/h2-6,9-12,18H,7-8,17H2,1H3. The molecule has 0 fully saturated rings. The predicted molar refractivity (Wildman–Crippen MR) is 85.4 cm³/mol. The molecule has 1 unspecified atom stereocenters. The summed E-state index contributed by atoms with van der Waals surface area (Å²) in [7, 11) is 0. The summed E-state index contributed by atoms with van der Waals surface area (Å²) < 4.78 is 0. The fourth-order valence-electron chi connectivity index (χ4n) is 2.21. The Hall–Kier alpha value is -2.56. The number of hydrogen-bond acceptors (Lipinski definition) is 4. The van der Waals surface area contributed by atoms with Gasteiger partial charge < -0.3 is 11.1 Å². The molecular formula is C16H19N3O2. The van der Waals surface area contributed by atoms with Gasteiger partial charge in [0.1, 0.15) is 0 Å². The third-order valence-corrected chi connectivity index (χ3v) is 3.27. The molecule has 0 saturated carbocycles. The van der Waals surface area contributed by atoms with Crippen LogP contribution in [0.5, 0.6) is 0 Å². The zero-order valence-electron chi connectivity index (χ0n) is 12.0. The summed E-state index contributed by atoms with van der Waals surface area (Å²) in [4.78, 5) is 10.4. The van der Waals surface area contributed by atoms with Crippen LogP contribution in [-0.2, 0) is 6.42 Å². The quantitative estimate of drug-likeness (QED) is 0.482. The van der Waals surface area contributed by atoms with E-state index in [4.69, 9.17) is 5.73 Å². The van der Waals surface area contributed by atoms with Crippen molar-refractivity contribution in [3.8, 4) is 0 Å². The van der Waals surface area contributed by atoms with E-state index in [0.29, 0.717) is 11.4 Å². The molecule has 0 bridgehead atoms. The van der Waals surface area contributed by atoms with Crippen LogP contribution >= 0.6 is 0 Å². The number of non-ortho nitro benzene ring substituents is 1. The zero-order valence-corrected chi connectivity index (χ0v) is 12.0. The largest absolute Gasteiger partial charge is 0.398 e. The van der Waals surface area contributed by atoms with E-state index < -0.39 is 4.92 Å². The molecule has 1 atom stereocenters. The van der Waals surface area contributed by atoms with Gasteiger partial charge in [-0.1, -0.05) is 30.3 Å². The van der Waals surface area contributed by atoms with Gasteiger partial charge in [0.05, 0.1) is 4.92 Å². The van der Waals surface area contributed by atoms with Crippen molar-refractivity contribution in [3.05, 3.63) is 64.2 Å². The van der Waals surface area contributed by atoms with E-state index in [-0.39, 0.29) is 11.7 Å². The molecule has 21 heavy (non-hydrogen) atoms. The smallest absolute Gasteiger partial charge is 0.273 e. The topological polar surface area (TPSA) is 81.2 Å². The predicted octanol–water partition coefficient (Wildman–Crippen LogP) is 3.61. The molecule has 0 aromatic heterocycles. The SMILES string of the molecule is CC(CCc1ccccc1)Nc1cc(N)cc([N+](=O)[O-])c1. The lowest BCUT2D eigenvalue weighted by atomic mass is 10.1. The fraction of sp³-hybridized carbons (Fsp3) is 0.250. The van der Waals surface area contributed by atoms with Crippen LogP contribution in [-0.4, -0.2) is 11.0 Å². The molecule has 0 amide bonds.